The van der Waals surface area contributed by atoms with Crippen LogP contribution >= 0.6 is 0 Å². The summed E-state index contributed by atoms with van der Waals surface area (Å²) in [6, 6.07) is 7.09. The number of sulfonamides is 1. The van der Waals surface area contributed by atoms with Gasteiger partial charge in [-0.1, -0.05) is 61.4 Å². The van der Waals surface area contributed by atoms with Gasteiger partial charge in [-0.2, -0.15) is 4.31 Å². The fraction of sp³-hybridized carbons (Fsp3) is 0.571. The fourth-order valence-electron chi connectivity index (χ4n) is 3.84. The molecule has 1 saturated heterocycles. The van der Waals surface area contributed by atoms with E-state index < -0.39 is 15.8 Å². The molecule has 6 heteroatoms. The van der Waals surface area contributed by atoms with E-state index in [0.29, 0.717) is 31.2 Å². The Kier molecular flexibility index (Phi) is 11.2. The molecule has 0 saturated carbocycles. The molecule has 0 amide bonds. The van der Waals surface area contributed by atoms with Gasteiger partial charge < -0.3 is 9.47 Å². The van der Waals surface area contributed by atoms with Gasteiger partial charge in [0.25, 0.3) is 0 Å². The first-order chi connectivity index (χ1) is 16.1. The van der Waals surface area contributed by atoms with E-state index in [9.17, 15) is 8.42 Å². The molecule has 1 aliphatic heterocycles. The average Bonchev–Trinajstić information content (AvgIpc) is 2.80. The number of aryl methyl sites for hydroxylation is 1. The summed E-state index contributed by atoms with van der Waals surface area (Å²) in [5.74, 6) is -0.535. The van der Waals surface area contributed by atoms with Crippen molar-refractivity contribution in [2.75, 3.05) is 26.3 Å². The minimum Gasteiger partial charge on any atom is -0.350 e. The van der Waals surface area contributed by atoms with Crippen LogP contribution in [0.5, 0.6) is 0 Å². The third kappa shape index (κ3) is 8.81. The van der Waals surface area contributed by atoms with E-state index in [1.165, 1.54) is 0 Å². The maximum Gasteiger partial charge on any atom is 0.243 e. The molecule has 0 N–H and O–H groups in total. The second-order valence-electron chi connectivity index (χ2n) is 9.72. The highest BCUT2D eigenvalue weighted by Gasteiger charge is 2.38. The summed E-state index contributed by atoms with van der Waals surface area (Å²) < 4.78 is 39.9. The number of benzene rings is 1. The molecule has 34 heavy (non-hydrogen) atoms. The first-order valence-corrected chi connectivity index (χ1v) is 13.8. The summed E-state index contributed by atoms with van der Waals surface area (Å²) in [7, 11) is -3.53. The maximum atomic E-state index is 13.2. The Labute approximate surface area is 207 Å². The van der Waals surface area contributed by atoms with Crippen molar-refractivity contribution in [3.8, 4) is 0 Å². The molecule has 1 aromatic carbocycles. The first kappa shape index (κ1) is 28.5. The van der Waals surface area contributed by atoms with Crippen LogP contribution in [0.3, 0.4) is 0 Å². The van der Waals surface area contributed by atoms with Crippen LogP contribution in [-0.4, -0.2) is 44.8 Å². The molecule has 1 heterocycles. The van der Waals surface area contributed by atoms with Crippen molar-refractivity contribution in [2.45, 2.75) is 76.9 Å². The van der Waals surface area contributed by atoms with E-state index in [0.717, 1.165) is 44.1 Å². The third-order valence-corrected chi connectivity index (χ3v) is 7.99. The van der Waals surface area contributed by atoms with Crippen molar-refractivity contribution < 1.29 is 17.9 Å². The molecule has 0 spiro atoms. The molecule has 5 nitrogen and oxygen atoms in total. The number of unbranched alkanes of at least 4 members (excludes halogenated alkanes) is 2. The topological polar surface area (TPSA) is 55.8 Å². The van der Waals surface area contributed by atoms with Gasteiger partial charge in [0, 0.05) is 18.5 Å². The van der Waals surface area contributed by atoms with Gasteiger partial charge >= 0.3 is 0 Å². The Balaban J connectivity index is 1.95. The Morgan fingerprint density at radius 3 is 2.26 bits per heavy atom. The van der Waals surface area contributed by atoms with Gasteiger partial charge in [-0.05, 0) is 65.0 Å². The van der Waals surface area contributed by atoms with Crippen LogP contribution in [0.2, 0.25) is 0 Å². The fourth-order valence-corrected chi connectivity index (χ4v) is 5.27. The second-order valence-corrected chi connectivity index (χ2v) is 11.7. The molecule has 190 valence electrons. The van der Waals surface area contributed by atoms with Gasteiger partial charge in [0.1, 0.15) is 0 Å². The summed E-state index contributed by atoms with van der Waals surface area (Å²) in [4.78, 5) is 0.351. The van der Waals surface area contributed by atoms with Crippen LogP contribution in [0.25, 0.3) is 0 Å². The maximum absolute atomic E-state index is 13.2. The minimum absolute atomic E-state index is 0.0847. The highest BCUT2D eigenvalue weighted by atomic mass is 32.2. The van der Waals surface area contributed by atoms with E-state index in [1.54, 1.807) is 16.4 Å². The van der Waals surface area contributed by atoms with Crippen LogP contribution in [0.4, 0.5) is 0 Å². The summed E-state index contributed by atoms with van der Waals surface area (Å²) in [6.07, 6.45) is 15.5. The zero-order chi connectivity index (χ0) is 25.1. The lowest BCUT2D eigenvalue weighted by Gasteiger charge is -2.42. The Hall–Kier alpha value is -1.73. The quantitative estimate of drug-likeness (QED) is 0.224. The highest BCUT2D eigenvalue weighted by Crippen LogP contribution is 2.36. The van der Waals surface area contributed by atoms with Crippen LogP contribution in [0.1, 0.15) is 64.9 Å². The van der Waals surface area contributed by atoms with Gasteiger partial charge in [0.05, 0.1) is 18.1 Å². The molecule has 0 aliphatic carbocycles. The van der Waals surface area contributed by atoms with Crippen LogP contribution < -0.4 is 0 Å². The standard InChI is InChI=1S/C28H43NO4S/c1-6-8-9-13-21-29(34(30,31)26-17-15-25(3)16-18-26)22-14-11-10-12-20-28(19-7-2)23-32-27(4,5)33-24-28/h7,9-10,12-13,15-18H,2,6,8,11,14,19-24H2,1,3-5H3/b12-10+,13-9+. The molecule has 0 aromatic heterocycles. The monoisotopic (exact) mass is 489 g/mol. The van der Waals surface area contributed by atoms with Crippen molar-refractivity contribution in [3.05, 3.63) is 66.8 Å². The summed E-state index contributed by atoms with van der Waals surface area (Å²) in [6.45, 7) is 14.0. The second kappa shape index (κ2) is 13.4. The molecule has 0 atom stereocenters. The van der Waals surface area contributed by atoms with Crippen LogP contribution in [-0.2, 0) is 19.5 Å². The Bertz CT molecular complexity index is 906. The predicted molar refractivity (Wildman–Crippen MR) is 140 cm³/mol. The SMILES string of the molecule is C=CCC1(C/C=C/CCCN(C/C=C/CCC)S(=O)(=O)c2ccc(C)cc2)COC(C)(C)OC1. The number of hydrogen-bond acceptors (Lipinski definition) is 4. The van der Waals surface area contributed by atoms with Crippen molar-refractivity contribution in [2.24, 2.45) is 5.41 Å². The summed E-state index contributed by atoms with van der Waals surface area (Å²) in [5, 5.41) is 0. The molecule has 0 bridgehead atoms. The van der Waals surface area contributed by atoms with Crippen molar-refractivity contribution in [1.82, 2.24) is 4.31 Å². The van der Waals surface area contributed by atoms with E-state index in [2.05, 4.69) is 31.7 Å². The zero-order valence-electron chi connectivity index (χ0n) is 21.5. The lowest BCUT2D eigenvalue weighted by molar-refractivity contribution is -0.284. The predicted octanol–water partition coefficient (Wildman–Crippen LogP) is 6.41. The van der Waals surface area contributed by atoms with Crippen molar-refractivity contribution >= 4 is 10.0 Å². The van der Waals surface area contributed by atoms with E-state index >= 15 is 0 Å². The summed E-state index contributed by atoms with van der Waals surface area (Å²) >= 11 is 0. The van der Waals surface area contributed by atoms with Gasteiger partial charge in [-0.15, -0.1) is 6.58 Å². The third-order valence-electron chi connectivity index (χ3n) is 6.11. The number of ether oxygens (including phenoxy) is 2. The molecule has 1 aliphatic rings. The highest BCUT2D eigenvalue weighted by molar-refractivity contribution is 7.89. The smallest absolute Gasteiger partial charge is 0.243 e. The number of rotatable bonds is 14. The number of hydrogen-bond donors (Lipinski definition) is 0. The first-order valence-electron chi connectivity index (χ1n) is 12.4. The molecular formula is C28H43NO4S. The van der Waals surface area contributed by atoms with Crippen LogP contribution in [0, 0.1) is 12.3 Å². The van der Waals surface area contributed by atoms with Gasteiger partial charge in [-0.25, -0.2) is 8.42 Å². The minimum atomic E-state index is -3.53. The zero-order valence-corrected chi connectivity index (χ0v) is 22.3. The van der Waals surface area contributed by atoms with Crippen molar-refractivity contribution in [3.63, 3.8) is 0 Å². The number of allylic oxidation sites excluding steroid dienone is 4. The molecule has 2 rings (SSSR count). The van der Waals surface area contributed by atoms with Gasteiger partial charge in [-0.3, -0.25) is 0 Å². The van der Waals surface area contributed by atoms with Crippen LogP contribution in [0.15, 0.2) is 66.1 Å². The molecule has 0 radical (unpaired) electrons. The van der Waals surface area contributed by atoms with E-state index in [4.69, 9.17) is 9.47 Å². The molecule has 0 unspecified atom stereocenters. The summed E-state index contributed by atoms with van der Waals surface area (Å²) in [5.41, 5.74) is 0.962. The molecular weight excluding hydrogens is 446 g/mol. The van der Waals surface area contributed by atoms with Crippen molar-refractivity contribution in [1.29, 1.82) is 0 Å². The molecule has 1 aromatic rings. The molecule has 1 fully saturated rings. The van der Waals surface area contributed by atoms with Gasteiger partial charge in [0.15, 0.2) is 5.79 Å². The Morgan fingerprint density at radius 1 is 1.00 bits per heavy atom. The van der Waals surface area contributed by atoms with E-state index in [1.807, 2.05) is 45.1 Å². The Morgan fingerprint density at radius 2 is 1.65 bits per heavy atom. The lowest BCUT2D eigenvalue weighted by atomic mass is 9.81. The largest absolute Gasteiger partial charge is 0.350 e. The normalized spacial score (nSPS) is 18.1. The average molecular weight is 490 g/mol. The van der Waals surface area contributed by atoms with E-state index in [-0.39, 0.29) is 5.41 Å². The van der Waals surface area contributed by atoms with Gasteiger partial charge in [0.2, 0.25) is 10.0 Å². The number of nitrogens with zero attached hydrogens (tertiary/aromatic N) is 1. The lowest BCUT2D eigenvalue weighted by Crippen LogP contribution is -2.46.